The van der Waals surface area contributed by atoms with Crippen LogP contribution >= 0.6 is 0 Å². The number of rotatable bonds is 6. The minimum atomic E-state index is -0.859. The molecular formula is C14H23NO2. The average Bonchev–Trinajstić information content (AvgIpc) is 2.28. The Morgan fingerprint density at radius 1 is 1.47 bits per heavy atom. The molecule has 0 heterocycles. The van der Waals surface area contributed by atoms with Crippen molar-refractivity contribution in [3.63, 3.8) is 0 Å². The van der Waals surface area contributed by atoms with Gasteiger partial charge >= 0.3 is 0 Å². The maximum atomic E-state index is 9.87. The van der Waals surface area contributed by atoms with E-state index in [0.717, 1.165) is 12.2 Å². The molecule has 96 valence electrons. The first kappa shape index (κ1) is 14.0. The van der Waals surface area contributed by atoms with E-state index in [1.807, 2.05) is 25.1 Å². The van der Waals surface area contributed by atoms with Gasteiger partial charge in [-0.15, -0.1) is 0 Å². The Bertz CT molecular complexity index is 350. The Morgan fingerprint density at radius 2 is 2.18 bits per heavy atom. The van der Waals surface area contributed by atoms with Gasteiger partial charge in [0.05, 0.1) is 11.7 Å². The highest BCUT2D eigenvalue weighted by Gasteiger charge is 2.22. The molecule has 3 nitrogen and oxygen atoms in total. The number of nitrogens with two attached hydrogens (primary N) is 1. The second kappa shape index (κ2) is 6.03. The molecule has 0 fully saturated rings. The Morgan fingerprint density at radius 3 is 2.76 bits per heavy atom. The van der Waals surface area contributed by atoms with Crippen LogP contribution < -0.4 is 10.5 Å². The van der Waals surface area contributed by atoms with E-state index in [1.54, 1.807) is 6.92 Å². The lowest BCUT2D eigenvalue weighted by molar-refractivity contribution is 0.0237. The number of ether oxygens (including phenoxy) is 1. The van der Waals surface area contributed by atoms with Gasteiger partial charge in [-0.1, -0.05) is 19.1 Å². The van der Waals surface area contributed by atoms with Crippen molar-refractivity contribution >= 4 is 0 Å². The standard InChI is InChI=1S/C14H23NO2/c1-4-12-6-5-7-13(8-12)17-11(2)9-14(3,16)10-15/h5-8,11,16H,4,9-10,15H2,1-3H3. The molecule has 0 aromatic heterocycles. The minimum absolute atomic E-state index is 0.0549. The zero-order valence-electron chi connectivity index (χ0n) is 10.9. The molecule has 0 radical (unpaired) electrons. The van der Waals surface area contributed by atoms with Gasteiger partial charge in [-0.05, 0) is 38.0 Å². The minimum Gasteiger partial charge on any atom is -0.491 e. The Hall–Kier alpha value is -1.06. The van der Waals surface area contributed by atoms with Crippen LogP contribution in [0.15, 0.2) is 24.3 Å². The Balaban J connectivity index is 2.58. The maximum absolute atomic E-state index is 9.87. The molecule has 0 saturated heterocycles. The van der Waals surface area contributed by atoms with Crippen molar-refractivity contribution in [1.29, 1.82) is 0 Å². The van der Waals surface area contributed by atoms with Crippen LogP contribution in [0.3, 0.4) is 0 Å². The second-order valence-electron chi connectivity index (χ2n) is 4.83. The molecule has 2 unspecified atom stereocenters. The molecular weight excluding hydrogens is 214 g/mol. The van der Waals surface area contributed by atoms with E-state index in [9.17, 15) is 5.11 Å². The van der Waals surface area contributed by atoms with Crippen molar-refractivity contribution in [3.05, 3.63) is 29.8 Å². The summed E-state index contributed by atoms with van der Waals surface area (Å²) in [5, 5.41) is 9.87. The van der Waals surface area contributed by atoms with Gasteiger partial charge in [0.25, 0.3) is 0 Å². The van der Waals surface area contributed by atoms with Crippen LogP contribution in [0.25, 0.3) is 0 Å². The molecule has 0 amide bonds. The number of aryl methyl sites for hydroxylation is 1. The molecule has 0 aliphatic carbocycles. The average molecular weight is 237 g/mol. The predicted molar refractivity (Wildman–Crippen MR) is 70.2 cm³/mol. The third kappa shape index (κ3) is 4.75. The molecule has 0 aliphatic heterocycles. The summed E-state index contributed by atoms with van der Waals surface area (Å²) >= 11 is 0. The lowest BCUT2D eigenvalue weighted by Crippen LogP contribution is -2.38. The summed E-state index contributed by atoms with van der Waals surface area (Å²) in [4.78, 5) is 0. The number of hydrogen-bond acceptors (Lipinski definition) is 3. The molecule has 3 heteroatoms. The lowest BCUT2D eigenvalue weighted by Gasteiger charge is -2.25. The number of aliphatic hydroxyl groups is 1. The SMILES string of the molecule is CCc1cccc(OC(C)CC(C)(O)CN)c1. The van der Waals surface area contributed by atoms with Crippen molar-refractivity contribution < 1.29 is 9.84 Å². The van der Waals surface area contributed by atoms with E-state index in [-0.39, 0.29) is 12.6 Å². The van der Waals surface area contributed by atoms with E-state index in [0.29, 0.717) is 6.42 Å². The number of hydrogen-bond donors (Lipinski definition) is 2. The summed E-state index contributed by atoms with van der Waals surface area (Å²) in [5.74, 6) is 0.852. The molecule has 0 aliphatic rings. The number of benzene rings is 1. The zero-order chi connectivity index (χ0) is 12.9. The molecule has 1 rings (SSSR count). The molecule has 0 spiro atoms. The van der Waals surface area contributed by atoms with Gasteiger partial charge in [0.15, 0.2) is 0 Å². The van der Waals surface area contributed by atoms with Crippen LogP contribution in [0.1, 0.15) is 32.8 Å². The van der Waals surface area contributed by atoms with E-state index < -0.39 is 5.60 Å². The van der Waals surface area contributed by atoms with Gasteiger partial charge in [-0.25, -0.2) is 0 Å². The predicted octanol–water partition coefficient (Wildman–Crippen LogP) is 2.12. The smallest absolute Gasteiger partial charge is 0.119 e. The van der Waals surface area contributed by atoms with Crippen molar-refractivity contribution in [1.82, 2.24) is 0 Å². The van der Waals surface area contributed by atoms with Gasteiger partial charge in [0.2, 0.25) is 0 Å². The summed E-state index contributed by atoms with van der Waals surface area (Å²) in [5.41, 5.74) is 5.88. The van der Waals surface area contributed by atoms with E-state index in [4.69, 9.17) is 10.5 Å². The first-order valence-electron chi connectivity index (χ1n) is 6.15. The second-order valence-corrected chi connectivity index (χ2v) is 4.83. The molecule has 0 saturated carbocycles. The van der Waals surface area contributed by atoms with Crippen LogP contribution in [0.5, 0.6) is 5.75 Å². The first-order valence-corrected chi connectivity index (χ1v) is 6.15. The first-order chi connectivity index (χ1) is 7.96. The zero-order valence-corrected chi connectivity index (χ0v) is 10.9. The molecule has 1 aromatic carbocycles. The fourth-order valence-corrected chi connectivity index (χ4v) is 1.82. The molecule has 2 atom stereocenters. The normalized spacial score (nSPS) is 16.3. The van der Waals surface area contributed by atoms with Gasteiger partial charge < -0.3 is 15.6 Å². The van der Waals surface area contributed by atoms with Gasteiger partial charge in [-0.2, -0.15) is 0 Å². The maximum Gasteiger partial charge on any atom is 0.119 e. The van der Waals surface area contributed by atoms with Crippen LogP contribution in [0.2, 0.25) is 0 Å². The largest absolute Gasteiger partial charge is 0.491 e. The van der Waals surface area contributed by atoms with Crippen molar-refractivity contribution in [2.24, 2.45) is 5.73 Å². The Labute approximate surface area is 104 Å². The highest BCUT2D eigenvalue weighted by molar-refractivity contribution is 5.28. The highest BCUT2D eigenvalue weighted by atomic mass is 16.5. The summed E-state index contributed by atoms with van der Waals surface area (Å²) in [6, 6.07) is 8.04. The summed E-state index contributed by atoms with van der Waals surface area (Å²) in [6.45, 7) is 6.04. The van der Waals surface area contributed by atoms with Crippen LogP contribution in [0, 0.1) is 0 Å². The van der Waals surface area contributed by atoms with E-state index in [1.165, 1.54) is 5.56 Å². The summed E-state index contributed by atoms with van der Waals surface area (Å²) < 4.78 is 5.78. The molecule has 17 heavy (non-hydrogen) atoms. The van der Waals surface area contributed by atoms with Crippen molar-refractivity contribution in [3.8, 4) is 5.75 Å². The monoisotopic (exact) mass is 237 g/mol. The third-order valence-corrected chi connectivity index (χ3v) is 2.81. The van der Waals surface area contributed by atoms with E-state index >= 15 is 0 Å². The topological polar surface area (TPSA) is 55.5 Å². The van der Waals surface area contributed by atoms with Gasteiger partial charge in [0.1, 0.15) is 5.75 Å². The molecule has 1 aromatic rings. The van der Waals surface area contributed by atoms with Gasteiger partial charge in [0, 0.05) is 13.0 Å². The summed E-state index contributed by atoms with van der Waals surface area (Å²) in [7, 11) is 0. The van der Waals surface area contributed by atoms with Gasteiger partial charge in [-0.3, -0.25) is 0 Å². The molecule has 3 N–H and O–H groups in total. The Kier molecular flexibility index (Phi) is 4.97. The van der Waals surface area contributed by atoms with Crippen molar-refractivity contribution in [2.45, 2.75) is 45.3 Å². The fraction of sp³-hybridized carbons (Fsp3) is 0.571. The summed E-state index contributed by atoms with van der Waals surface area (Å²) in [6.07, 6.45) is 1.46. The van der Waals surface area contributed by atoms with Crippen molar-refractivity contribution in [2.75, 3.05) is 6.54 Å². The highest BCUT2D eigenvalue weighted by Crippen LogP contribution is 2.19. The van der Waals surface area contributed by atoms with Crippen LogP contribution in [-0.4, -0.2) is 23.4 Å². The van der Waals surface area contributed by atoms with Crippen LogP contribution in [0.4, 0.5) is 0 Å². The molecule has 0 bridgehead atoms. The fourth-order valence-electron chi connectivity index (χ4n) is 1.82. The lowest BCUT2D eigenvalue weighted by atomic mass is 9.99. The van der Waals surface area contributed by atoms with Crippen LogP contribution in [-0.2, 0) is 6.42 Å². The quantitative estimate of drug-likeness (QED) is 0.796. The van der Waals surface area contributed by atoms with E-state index in [2.05, 4.69) is 13.0 Å². The third-order valence-electron chi connectivity index (χ3n) is 2.81.